The maximum absolute atomic E-state index is 12.7. The molecule has 44 heavy (non-hydrogen) atoms. The van der Waals surface area contributed by atoms with Crippen LogP contribution in [0.25, 0.3) is 11.6 Å². The van der Waals surface area contributed by atoms with Crippen LogP contribution in [0.1, 0.15) is 73.8 Å². The molecule has 1 aromatic carbocycles. The van der Waals surface area contributed by atoms with Crippen molar-refractivity contribution >= 4 is 29.3 Å². The van der Waals surface area contributed by atoms with E-state index in [2.05, 4.69) is 40.3 Å². The molecule has 3 unspecified atom stereocenters. The number of epoxide rings is 1. The second kappa shape index (κ2) is 11.3. The van der Waals surface area contributed by atoms with E-state index >= 15 is 0 Å². The van der Waals surface area contributed by atoms with E-state index in [1.807, 2.05) is 62.4 Å². The van der Waals surface area contributed by atoms with Gasteiger partial charge in [-0.1, -0.05) is 23.7 Å². The SMILES string of the molecule is CC(C)OC(=O)N1CCN(C2c3ccc(Cl)cc3C(C(NC3(OC4(C)CC4)CO3)c3cncn3C)=Cc3cccnc32)CC1. The number of aromatic nitrogens is 3. The number of fused-ring (bicyclic) bond motifs is 2. The van der Waals surface area contributed by atoms with Crippen molar-refractivity contribution < 1.29 is 19.0 Å². The molecule has 11 heteroatoms. The molecule has 2 aliphatic heterocycles. The van der Waals surface area contributed by atoms with Crippen LogP contribution in [0.5, 0.6) is 0 Å². The number of amides is 1. The molecule has 7 rings (SSSR count). The van der Waals surface area contributed by atoms with E-state index in [4.69, 9.17) is 30.8 Å². The molecule has 2 saturated heterocycles. The number of ether oxygens (including phenoxy) is 3. The summed E-state index contributed by atoms with van der Waals surface area (Å²) in [6.45, 7) is 8.85. The van der Waals surface area contributed by atoms with Crippen LogP contribution in [-0.4, -0.2) is 80.8 Å². The van der Waals surface area contributed by atoms with Crippen molar-refractivity contribution in [3.05, 3.63) is 82.2 Å². The van der Waals surface area contributed by atoms with Crippen LogP contribution in [0.15, 0.2) is 49.1 Å². The number of aryl methyl sites for hydroxylation is 1. The van der Waals surface area contributed by atoms with Crippen LogP contribution in [0.3, 0.4) is 0 Å². The first-order valence-corrected chi connectivity index (χ1v) is 15.8. The minimum atomic E-state index is -0.871. The Hall–Kier alpha value is -3.28. The minimum absolute atomic E-state index is 0.143. The molecule has 2 aromatic heterocycles. The van der Waals surface area contributed by atoms with Crippen molar-refractivity contribution in [1.29, 1.82) is 0 Å². The first-order valence-electron chi connectivity index (χ1n) is 15.4. The molecule has 3 atom stereocenters. The van der Waals surface area contributed by atoms with Crippen molar-refractivity contribution in [2.24, 2.45) is 7.05 Å². The molecule has 1 N–H and O–H groups in total. The number of hydrogen-bond donors (Lipinski definition) is 1. The Bertz CT molecular complexity index is 1590. The summed E-state index contributed by atoms with van der Waals surface area (Å²) in [7, 11) is 2.00. The molecule has 2 aliphatic carbocycles. The summed E-state index contributed by atoms with van der Waals surface area (Å²) in [6, 6.07) is 9.74. The van der Waals surface area contributed by atoms with Crippen LogP contribution in [-0.2, 0) is 21.3 Å². The normalized spacial score (nSPS) is 24.6. The minimum Gasteiger partial charge on any atom is -0.447 e. The topological polar surface area (TPSA) is 97.3 Å². The summed E-state index contributed by atoms with van der Waals surface area (Å²) in [5, 5.41) is 4.40. The van der Waals surface area contributed by atoms with Gasteiger partial charge in [0.05, 0.1) is 47.7 Å². The molecule has 0 spiro atoms. The van der Waals surface area contributed by atoms with Crippen LogP contribution in [0, 0.1) is 0 Å². The Labute approximate surface area is 262 Å². The zero-order valence-corrected chi connectivity index (χ0v) is 26.4. The van der Waals surface area contributed by atoms with E-state index in [1.54, 1.807) is 4.90 Å². The Morgan fingerprint density at radius 3 is 2.61 bits per heavy atom. The van der Waals surface area contributed by atoms with Gasteiger partial charge >= 0.3 is 6.09 Å². The summed E-state index contributed by atoms with van der Waals surface area (Å²) in [5.41, 5.74) is 5.94. The average Bonchev–Trinajstić information content (AvgIpc) is 3.89. The summed E-state index contributed by atoms with van der Waals surface area (Å²) < 4.78 is 20.0. The van der Waals surface area contributed by atoms with Gasteiger partial charge in [0.15, 0.2) is 0 Å². The van der Waals surface area contributed by atoms with Crippen LogP contribution in [0.2, 0.25) is 5.02 Å². The van der Waals surface area contributed by atoms with Gasteiger partial charge in [-0.3, -0.25) is 15.2 Å². The predicted octanol–water partition coefficient (Wildman–Crippen LogP) is 5.16. The predicted molar refractivity (Wildman–Crippen MR) is 167 cm³/mol. The number of imidazole rings is 1. The summed E-state index contributed by atoms with van der Waals surface area (Å²) >= 11 is 6.74. The number of carbonyl (C=O) groups is 1. The summed E-state index contributed by atoms with van der Waals surface area (Å²) in [6.07, 6.45) is 9.38. The van der Waals surface area contributed by atoms with Crippen molar-refractivity contribution in [3.8, 4) is 0 Å². The van der Waals surface area contributed by atoms with E-state index in [1.165, 1.54) is 0 Å². The summed E-state index contributed by atoms with van der Waals surface area (Å²) in [4.78, 5) is 26.3. The van der Waals surface area contributed by atoms with E-state index in [-0.39, 0.29) is 29.9 Å². The summed E-state index contributed by atoms with van der Waals surface area (Å²) in [5.74, 6) is -0.871. The van der Waals surface area contributed by atoms with E-state index < -0.39 is 5.91 Å². The highest BCUT2D eigenvalue weighted by Crippen LogP contribution is 2.49. The molecule has 1 amide bonds. The largest absolute Gasteiger partial charge is 0.447 e. The fourth-order valence-corrected chi connectivity index (χ4v) is 6.50. The number of nitrogens with zero attached hydrogens (tertiary/aromatic N) is 5. The number of nitrogens with one attached hydrogen (secondary N) is 1. The van der Waals surface area contributed by atoms with Gasteiger partial charge in [-0.05, 0) is 80.2 Å². The van der Waals surface area contributed by atoms with Crippen LogP contribution in [0.4, 0.5) is 4.79 Å². The Kier molecular flexibility index (Phi) is 7.53. The highest BCUT2D eigenvalue weighted by molar-refractivity contribution is 6.30. The van der Waals surface area contributed by atoms with Crippen molar-refractivity contribution in [2.75, 3.05) is 32.8 Å². The molecule has 4 heterocycles. The maximum Gasteiger partial charge on any atom is 0.410 e. The average molecular weight is 619 g/mol. The van der Waals surface area contributed by atoms with Crippen LogP contribution >= 0.6 is 11.6 Å². The number of hydrogen-bond acceptors (Lipinski definition) is 8. The fraction of sp³-hybridized carbons (Fsp3) is 0.485. The lowest BCUT2D eigenvalue weighted by molar-refractivity contribution is -0.120. The van der Waals surface area contributed by atoms with Gasteiger partial charge in [0.25, 0.3) is 5.91 Å². The Balaban J connectivity index is 1.30. The van der Waals surface area contributed by atoms with Crippen molar-refractivity contribution in [3.63, 3.8) is 0 Å². The third-order valence-corrected chi connectivity index (χ3v) is 9.17. The molecule has 10 nitrogen and oxygen atoms in total. The number of pyridine rings is 1. The van der Waals surface area contributed by atoms with E-state index in [9.17, 15) is 4.79 Å². The van der Waals surface area contributed by atoms with Gasteiger partial charge in [0.1, 0.15) is 6.61 Å². The van der Waals surface area contributed by atoms with E-state index in [0.717, 1.165) is 46.5 Å². The molecule has 0 bridgehead atoms. The van der Waals surface area contributed by atoms with Gasteiger partial charge in [-0.15, -0.1) is 0 Å². The molecule has 3 aromatic rings. The maximum atomic E-state index is 12.7. The van der Waals surface area contributed by atoms with Gasteiger partial charge in [-0.25, -0.2) is 9.78 Å². The van der Waals surface area contributed by atoms with Gasteiger partial charge in [-0.2, -0.15) is 0 Å². The second-order valence-electron chi connectivity index (χ2n) is 12.8. The standard InChI is InChI=1S/C33H39ClN6O4/c1-21(2)43-31(41)40-14-12-39(13-15-40)30-24-8-7-23(34)17-25(24)26(16-22-6-5-11-36-28(22)30)29(27-18-35-20-38(27)4)37-33(19-42-33)44-32(3)9-10-32/h5-8,11,16-18,20-21,29-30,37H,9-10,12-15,19H2,1-4H3. The third-order valence-electron chi connectivity index (χ3n) is 8.93. The molecule has 3 fully saturated rings. The molecule has 232 valence electrons. The molecular weight excluding hydrogens is 580 g/mol. The van der Waals surface area contributed by atoms with Gasteiger partial charge in [0.2, 0.25) is 0 Å². The zero-order valence-electron chi connectivity index (χ0n) is 25.6. The Morgan fingerprint density at radius 1 is 1.18 bits per heavy atom. The van der Waals surface area contributed by atoms with Crippen molar-refractivity contribution in [2.45, 2.75) is 63.3 Å². The number of piperazine rings is 1. The number of halogens is 1. The van der Waals surface area contributed by atoms with E-state index in [0.29, 0.717) is 37.8 Å². The smallest absolute Gasteiger partial charge is 0.410 e. The molecular formula is C33H39ClN6O4. The third kappa shape index (κ3) is 5.77. The van der Waals surface area contributed by atoms with Gasteiger partial charge in [0, 0.05) is 44.4 Å². The number of carbonyl (C=O) groups excluding carboxylic acids is 1. The highest BCUT2D eigenvalue weighted by atomic mass is 35.5. The first kappa shape index (κ1) is 29.4. The lowest BCUT2D eigenvalue weighted by Gasteiger charge is -2.39. The molecule has 4 aliphatic rings. The van der Waals surface area contributed by atoms with Crippen LogP contribution < -0.4 is 5.32 Å². The Morgan fingerprint density at radius 2 is 1.95 bits per heavy atom. The first-order chi connectivity index (χ1) is 21.1. The molecule has 1 saturated carbocycles. The second-order valence-corrected chi connectivity index (χ2v) is 13.2. The molecule has 0 radical (unpaired) electrons. The number of rotatable bonds is 8. The lowest BCUT2D eigenvalue weighted by atomic mass is 9.89. The monoisotopic (exact) mass is 618 g/mol. The quantitative estimate of drug-likeness (QED) is 0.273. The highest BCUT2D eigenvalue weighted by Gasteiger charge is 2.56. The lowest BCUT2D eigenvalue weighted by Crippen LogP contribution is -2.50. The number of benzene rings is 1. The fourth-order valence-electron chi connectivity index (χ4n) is 6.33. The van der Waals surface area contributed by atoms with Crippen molar-refractivity contribution in [1.82, 2.24) is 29.7 Å². The van der Waals surface area contributed by atoms with Gasteiger partial charge < -0.3 is 23.7 Å². The zero-order chi connectivity index (χ0) is 30.6.